The molecule has 31 heavy (non-hydrogen) atoms. The van der Waals surface area contributed by atoms with Crippen LogP contribution in [0.2, 0.25) is 0 Å². The van der Waals surface area contributed by atoms with Gasteiger partial charge in [-0.25, -0.2) is 17.7 Å². The first-order valence-corrected chi connectivity index (χ1v) is 12.1. The van der Waals surface area contributed by atoms with Crippen LogP contribution in [0.15, 0.2) is 36.7 Å². The van der Waals surface area contributed by atoms with Gasteiger partial charge in [0.2, 0.25) is 10.0 Å². The maximum Gasteiger partial charge on any atom is 0.274 e. The first kappa shape index (κ1) is 21.7. The molecule has 166 valence electrons. The molecule has 0 spiro atoms. The molecular formula is C22H28N4O4S. The van der Waals surface area contributed by atoms with E-state index in [0.717, 1.165) is 17.0 Å². The van der Waals surface area contributed by atoms with Crippen LogP contribution in [0.5, 0.6) is 5.75 Å². The fraction of sp³-hybridized carbons (Fsp3) is 0.500. The van der Waals surface area contributed by atoms with Gasteiger partial charge in [-0.3, -0.25) is 9.78 Å². The summed E-state index contributed by atoms with van der Waals surface area (Å²) in [6.07, 6.45) is 4.83. The predicted molar refractivity (Wildman–Crippen MR) is 116 cm³/mol. The summed E-state index contributed by atoms with van der Waals surface area (Å²) in [7, 11) is -1.76. The Morgan fingerprint density at radius 2 is 2.00 bits per heavy atom. The molecule has 0 unspecified atom stereocenters. The molecule has 2 aromatic rings. The molecule has 2 saturated heterocycles. The Balaban J connectivity index is 1.39. The molecule has 9 heteroatoms. The van der Waals surface area contributed by atoms with Crippen molar-refractivity contribution in [1.82, 2.24) is 19.2 Å². The predicted octanol–water partition coefficient (Wildman–Crippen LogP) is 1.90. The zero-order valence-corrected chi connectivity index (χ0v) is 18.7. The second-order valence-electron chi connectivity index (χ2n) is 8.22. The molecule has 2 fully saturated rings. The second kappa shape index (κ2) is 8.92. The summed E-state index contributed by atoms with van der Waals surface area (Å²) in [5, 5.41) is -0.431. The van der Waals surface area contributed by atoms with Crippen LogP contribution >= 0.6 is 0 Å². The third-order valence-electron chi connectivity index (χ3n) is 6.23. The van der Waals surface area contributed by atoms with Gasteiger partial charge in [-0.15, -0.1) is 0 Å². The summed E-state index contributed by atoms with van der Waals surface area (Å²) < 4.78 is 33.3. The standard InChI is InChI=1S/C22H28N4O4S/c1-16-13-24-20(14-23-16)22(27)25-9-7-18-15-26(31(28,29)21(18)8-10-25)11-6-17-4-3-5-19(12-17)30-2/h3-5,12-14,18,21H,6-11,15H2,1-2H3/t18-,21+/m0/s1. The molecule has 1 aromatic heterocycles. The van der Waals surface area contributed by atoms with Gasteiger partial charge in [0.05, 0.1) is 24.3 Å². The number of fused-ring (bicyclic) bond motifs is 1. The van der Waals surface area contributed by atoms with Gasteiger partial charge in [-0.1, -0.05) is 12.1 Å². The fourth-order valence-electron chi connectivity index (χ4n) is 4.46. The van der Waals surface area contributed by atoms with E-state index >= 15 is 0 Å². The first-order chi connectivity index (χ1) is 14.9. The third kappa shape index (κ3) is 4.57. The Hall–Kier alpha value is -2.52. The number of carbonyl (C=O) groups excluding carboxylic acids is 1. The van der Waals surface area contributed by atoms with Gasteiger partial charge in [0, 0.05) is 32.4 Å². The van der Waals surface area contributed by atoms with Crippen molar-refractivity contribution in [3.05, 3.63) is 53.6 Å². The minimum Gasteiger partial charge on any atom is -0.497 e. The molecule has 2 aliphatic rings. The average Bonchev–Trinajstić information content (AvgIpc) is 2.90. The lowest BCUT2D eigenvalue weighted by Gasteiger charge is -2.22. The summed E-state index contributed by atoms with van der Waals surface area (Å²) in [5.74, 6) is 0.631. The second-order valence-corrected chi connectivity index (χ2v) is 10.4. The minimum atomic E-state index is -3.38. The highest BCUT2D eigenvalue weighted by atomic mass is 32.2. The highest BCUT2D eigenvalue weighted by Gasteiger charge is 2.47. The molecule has 1 aromatic carbocycles. The minimum absolute atomic E-state index is 0.0391. The van der Waals surface area contributed by atoms with Gasteiger partial charge in [-0.05, 0) is 49.8 Å². The Morgan fingerprint density at radius 1 is 1.19 bits per heavy atom. The molecular weight excluding hydrogens is 416 g/mol. The van der Waals surface area contributed by atoms with Crippen molar-refractivity contribution in [2.75, 3.05) is 33.3 Å². The summed E-state index contributed by atoms with van der Waals surface area (Å²) >= 11 is 0. The summed E-state index contributed by atoms with van der Waals surface area (Å²) in [6, 6.07) is 7.73. The normalized spacial score (nSPS) is 23.2. The number of rotatable bonds is 5. The molecule has 2 aliphatic heterocycles. The fourth-order valence-corrected chi connectivity index (χ4v) is 6.70. The Kier molecular flexibility index (Phi) is 6.24. The summed E-state index contributed by atoms with van der Waals surface area (Å²) in [5.41, 5.74) is 2.11. The van der Waals surface area contributed by atoms with Gasteiger partial charge in [-0.2, -0.15) is 0 Å². The molecule has 0 saturated carbocycles. The number of hydrogen-bond acceptors (Lipinski definition) is 6. The van der Waals surface area contributed by atoms with Crippen molar-refractivity contribution in [2.45, 2.75) is 31.4 Å². The van der Waals surface area contributed by atoms with Crippen LogP contribution in [-0.4, -0.2) is 72.0 Å². The number of aromatic nitrogens is 2. The quantitative estimate of drug-likeness (QED) is 0.699. The van der Waals surface area contributed by atoms with Gasteiger partial charge >= 0.3 is 0 Å². The van der Waals surface area contributed by atoms with Crippen molar-refractivity contribution in [3.8, 4) is 5.75 Å². The average molecular weight is 445 g/mol. The maximum atomic E-state index is 13.2. The van der Waals surface area contributed by atoms with Crippen LogP contribution < -0.4 is 4.74 Å². The van der Waals surface area contributed by atoms with Crippen molar-refractivity contribution in [3.63, 3.8) is 0 Å². The monoisotopic (exact) mass is 444 g/mol. The van der Waals surface area contributed by atoms with E-state index in [1.54, 1.807) is 22.5 Å². The summed E-state index contributed by atoms with van der Waals surface area (Å²) in [6.45, 7) is 3.75. The molecule has 0 radical (unpaired) electrons. The summed E-state index contributed by atoms with van der Waals surface area (Å²) in [4.78, 5) is 22.8. The number of amides is 1. The number of carbonyl (C=O) groups is 1. The molecule has 0 aliphatic carbocycles. The van der Waals surface area contributed by atoms with E-state index in [9.17, 15) is 13.2 Å². The van der Waals surface area contributed by atoms with Crippen LogP contribution in [0.4, 0.5) is 0 Å². The number of benzene rings is 1. The maximum absolute atomic E-state index is 13.2. The number of ether oxygens (including phenoxy) is 1. The Bertz CT molecular complexity index is 1040. The number of aryl methyl sites for hydroxylation is 1. The van der Waals surface area contributed by atoms with Crippen molar-refractivity contribution in [1.29, 1.82) is 0 Å². The highest BCUT2D eigenvalue weighted by Crippen LogP contribution is 2.34. The topological polar surface area (TPSA) is 92.7 Å². The van der Waals surface area contributed by atoms with Gasteiger partial charge < -0.3 is 9.64 Å². The van der Waals surface area contributed by atoms with Gasteiger partial charge in [0.1, 0.15) is 11.4 Å². The smallest absolute Gasteiger partial charge is 0.274 e. The molecule has 0 bridgehead atoms. The lowest BCUT2D eigenvalue weighted by atomic mass is 10.0. The Morgan fingerprint density at radius 3 is 2.74 bits per heavy atom. The first-order valence-electron chi connectivity index (χ1n) is 10.6. The SMILES string of the molecule is COc1cccc(CCN2C[C@@H]3CCN(C(=O)c4cnc(C)cn4)CC[C@H]3S2(=O)=O)c1. The number of nitrogens with zero attached hydrogens (tertiary/aromatic N) is 4. The molecule has 8 nitrogen and oxygen atoms in total. The molecule has 0 N–H and O–H groups in total. The van der Waals surface area contributed by atoms with E-state index in [0.29, 0.717) is 51.1 Å². The van der Waals surface area contributed by atoms with Crippen molar-refractivity contribution in [2.24, 2.45) is 5.92 Å². The third-order valence-corrected chi connectivity index (χ3v) is 8.67. The lowest BCUT2D eigenvalue weighted by Crippen LogP contribution is -2.35. The highest BCUT2D eigenvalue weighted by molar-refractivity contribution is 7.90. The van der Waals surface area contributed by atoms with Crippen molar-refractivity contribution < 1.29 is 17.9 Å². The van der Waals surface area contributed by atoms with Crippen LogP contribution in [0.1, 0.15) is 34.6 Å². The molecule has 2 atom stereocenters. The Labute approximate surface area is 183 Å². The zero-order valence-electron chi connectivity index (χ0n) is 17.9. The van der Waals surface area contributed by atoms with Crippen LogP contribution in [0.3, 0.4) is 0 Å². The molecule has 4 rings (SSSR count). The molecule has 1 amide bonds. The van der Waals surface area contributed by atoms with Crippen molar-refractivity contribution >= 4 is 15.9 Å². The number of likely N-dealkylation sites (tertiary alicyclic amines) is 1. The molecule has 3 heterocycles. The van der Waals surface area contributed by atoms with Crippen LogP contribution in [-0.2, 0) is 16.4 Å². The number of sulfonamides is 1. The van der Waals surface area contributed by atoms with Crippen LogP contribution in [0, 0.1) is 12.8 Å². The number of hydrogen-bond donors (Lipinski definition) is 0. The van der Waals surface area contributed by atoms with E-state index in [1.807, 2.05) is 31.2 Å². The lowest BCUT2D eigenvalue weighted by molar-refractivity contribution is 0.0752. The number of methoxy groups -OCH3 is 1. The van der Waals surface area contributed by atoms with Crippen LogP contribution in [0.25, 0.3) is 0 Å². The van der Waals surface area contributed by atoms with E-state index in [1.165, 1.54) is 6.20 Å². The van der Waals surface area contributed by atoms with Gasteiger partial charge in [0.25, 0.3) is 5.91 Å². The zero-order chi connectivity index (χ0) is 22.0. The van der Waals surface area contributed by atoms with Gasteiger partial charge in [0.15, 0.2) is 0 Å². The van der Waals surface area contributed by atoms with E-state index in [4.69, 9.17) is 4.74 Å². The largest absolute Gasteiger partial charge is 0.497 e. The van der Waals surface area contributed by atoms with E-state index < -0.39 is 15.3 Å². The van der Waals surface area contributed by atoms with E-state index in [-0.39, 0.29) is 11.8 Å². The van der Waals surface area contributed by atoms with E-state index in [2.05, 4.69) is 9.97 Å².